The highest BCUT2D eigenvalue weighted by Crippen LogP contribution is 2.46. The molecule has 202 valence electrons. The Hall–Kier alpha value is -4.82. The van der Waals surface area contributed by atoms with Gasteiger partial charge in [0.15, 0.2) is 5.75 Å². The zero-order valence-electron chi connectivity index (χ0n) is 21.3. The minimum absolute atomic E-state index is 0.280. The standard InChI is InChI=1S/C33H20F3NO3S/c34-33(35,36)41(38,39)40-30-19-14-23-11-16-27-29(18-13-22-12-17-28(30)32(23)31(22)27)37(25-8-2-1-3-9-25)26-15-10-21-6-4-5-7-24(21)20-26/h1-20H. The van der Waals surface area contributed by atoms with Crippen LogP contribution in [0.3, 0.4) is 0 Å². The highest BCUT2D eigenvalue weighted by atomic mass is 32.2. The highest BCUT2D eigenvalue weighted by Gasteiger charge is 2.48. The molecule has 0 spiro atoms. The molecule has 0 aliphatic rings. The second kappa shape index (κ2) is 9.11. The second-order valence-corrected chi connectivity index (χ2v) is 11.3. The number of anilines is 3. The Balaban J connectivity index is 1.50. The van der Waals surface area contributed by atoms with Crippen LogP contribution in [0.15, 0.2) is 121 Å². The van der Waals surface area contributed by atoms with Crippen LogP contribution in [0.4, 0.5) is 30.2 Å². The Kier molecular flexibility index (Phi) is 5.59. The Morgan fingerprint density at radius 1 is 0.561 bits per heavy atom. The summed E-state index contributed by atoms with van der Waals surface area (Å²) in [4.78, 5) is 2.14. The lowest BCUT2D eigenvalue weighted by atomic mass is 9.92. The molecule has 0 unspecified atom stereocenters. The monoisotopic (exact) mass is 567 g/mol. The molecule has 0 heterocycles. The molecular formula is C33H20F3NO3S. The van der Waals surface area contributed by atoms with Gasteiger partial charge in [-0.15, -0.1) is 0 Å². The molecule has 8 heteroatoms. The summed E-state index contributed by atoms with van der Waals surface area (Å²) < 4.78 is 67.8. The average molecular weight is 568 g/mol. The third-order valence-electron chi connectivity index (χ3n) is 7.33. The smallest absolute Gasteiger partial charge is 0.375 e. The van der Waals surface area contributed by atoms with Crippen LogP contribution in [0.5, 0.6) is 5.75 Å². The third-order valence-corrected chi connectivity index (χ3v) is 8.30. The molecule has 41 heavy (non-hydrogen) atoms. The summed E-state index contributed by atoms with van der Waals surface area (Å²) in [6.45, 7) is 0. The summed E-state index contributed by atoms with van der Waals surface area (Å²) in [5.41, 5.74) is -2.81. The minimum atomic E-state index is -5.84. The molecule has 0 fully saturated rings. The molecule has 4 nitrogen and oxygen atoms in total. The fourth-order valence-electron chi connectivity index (χ4n) is 5.51. The van der Waals surface area contributed by atoms with Crippen molar-refractivity contribution in [2.45, 2.75) is 5.51 Å². The van der Waals surface area contributed by atoms with Gasteiger partial charge in [-0.2, -0.15) is 21.6 Å². The van der Waals surface area contributed by atoms with E-state index in [9.17, 15) is 21.6 Å². The van der Waals surface area contributed by atoms with Crippen LogP contribution in [-0.4, -0.2) is 13.9 Å². The molecule has 0 radical (unpaired) electrons. The van der Waals surface area contributed by atoms with Crippen molar-refractivity contribution in [3.05, 3.63) is 121 Å². The van der Waals surface area contributed by atoms with Crippen LogP contribution in [0.25, 0.3) is 43.1 Å². The first-order valence-corrected chi connectivity index (χ1v) is 14.2. The van der Waals surface area contributed by atoms with Crippen molar-refractivity contribution >= 4 is 70.3 Å². The minimum Gasteiger partial charge on any atom is -0.375 e. The van der Waals surface area contributed by atoms with Crippen LogP contribution in [-0.2, 0) is 10.1 Å². The van der Waals surface area contributed by atoms with E-state index in [-0.39, 0.29) is 11.1 Å². The van der Waals surface area contributed by atoms with Gasteiger partial charge in [0, 0.05) is 27.5 Å². The van der Waals surface area contributed by atoms with Gasteiger partial charge in [-0.3, -0.25) is 0 Å². The van der Waals surface area contributed by atoms with Gasteiger partial charge in [0.1, 0.15) is 0 Å². The van der Waals surface area contributed by atoms with Crippen LogP contribution in [0.1, 0.15) is 0 Å². The molecule has 0 amide bonds. The van der Waals surface area contributed by atoms with Crippen molar-refractivity contribution in [1.29, 1.82) is 0 Å². The summed E-state index contributed by atoms with van der Waals surface area (Å²) in [5.74, 6) is -0.371. The summed E-state index contributed by atoms with van der Waals surface area (Å²) in [6, 6.07) is 38.3. The highest BCUT2D eigenvalue weighted by molar-refractivity contribution is 7.88. The van der Waals surface area contributed by atoms with Crippen LogP contribution in [0.2, 0.25) is 0 Å². The number of halogens is 3. The van der Waals surface area contributed by atoms with Gasteiger partial charge in [-0.05, 0) is 69.4 Å². The van der Waals surface area contributed by atoms with Gasteiger partial charge in [0.25, 0.3) is 0 Å². The number of nitrogens with zero attached hydrogens (tertiary/aromatic N) is 1. The van der Waals surface area contributed by atoms with E-state index in [4.69, 9.17) is 0 Å². The molecule has 7 rings (SSSR count). The molecule has 0 aromatic heterocycles. The lowest BCUT2D eigenvalue weighted by Gasteiger charge is -2.28. The van der Waals surface area contributed by atoms with E-state index >= 15 is 0 Å². The first-order chi connectivity index (χ1) is 19.7. The van der Waals surface area contributed by atoms with E-state index in [0.29, 0.717) is 5.39 Å². The Morgan fingerprint density at radius 2 is 1.15 bits per heavy atom. The zero-order valence-corrected chi connectivity index (χ0v) is 22.1. The van der Waals surface area contributed by atoms with E-state index in [1.807, 2.05) is 66.7 Å². The lowest BCUT2D eigenvalue weighted by molar-refractivity contribution is -0.0499. The van der Waals surface area contributed by atoms with E-state index in [2.05, 4.69) is 39.4 Å². The van der Waals surface area contributed by atoms with Gasteiger partial charge in [0.2, 0.25) is 0 Å². The van der Waals surface area contributed by atoms with Crippen molar-refractivity contribution in [2.75, 3.05) is 4.90 Å². The molecular weight excluding hydrogens is 547 g/mol. The fraction of sp³-hybridized carbons (Fsp3) is 0.0303. The maximum atomic E-state index is 13.2. The van der Waals surface area contributed by atoms with Crippen LogP contribution in [0, 0.1) is 0 Å². The molecule has 0 saturated carbocycles. The normalized spacial score (nSPS) is 12.5. The lowest BCUT2D eigenvalue weighted by Crippen LogP contribution is -2.28. The topological polar surface area (TPSA) is 46.6 Å². The molecule has 0 saturated heterocycles. The summed E-state index contributed by atoms with van der Waals surface area (Å²) in [7, 11) is -5.84. The molecule has 7 aromatic carbocycles. The molecule has 0 N–H and O–H groups in total. The fourth-order valence-corrected chi connectivity index (χ4v) is 5.99. The SMILES string of the molecule is O=S(=O)(Oc1ccc2ccc3c(N(c4ccccc4)c4ccc5ccccc5c4)ccc4ccc1c2c43)C(F)(F)F. The van der Waals surface area contributed by atoms with Gasteiger partial charge >= 0.3 is 15.6 Å². The maximum absolute atomic E-state index is 13.2. The van der Waals surface area contributed by atoms with E-state index in [1.165, 1.54) is 6.07 Å². The average Bonchev–Trinajstić information content (AvgIpc) is 2.97. The van der Waals surface area contributed by atoms with Crippen molar-refractivity contribution in [3.63, 3.8) is 0 Å². The van der Waals surface area contributed by atoms with Gasteiger partial charge in [-0.1, -0.05) is 78.9 Å². The molecule has 0 aliphatic carbocycles. The van der Waals surface area contributed by atoms with Crippen molar-refractivity contribution in [2.24, 2.45) is 0 Å². The molecule has 0 atom stereocenters. The third kappa shape index (κ3) is 4.10. The zero-order chi connectivity index (χ0) is 28.4. The molecule has 0 aliphatic heterocycles. The van der Waals surface area contributed by atoms with E-state index < -0.39 is 15.6 Å². The second-order valence-electron chi connectivity index (χ2n) is 9.76. The molecule has 0 bridgehead atoms. The Labute approximate surface area is 233 Å². The van der Waals surface area contributed by atoms with Gasteiger partial charge in [-0.25, -0.2) is 0 Å². The predicted octanol–water partition coefficient (Wildman–Crippen LogP) is 9.44. The van der Waals surface area contributed by atoms with Crippen LogP contribution < -0.4 is 9.08 Å². The van der Waals surface area contributed by atoms with Crippen molar-refractivity contribution in [3.8, 4) is 5.75 Å². The Morgan fingerprint density at radius 3 is 1.88 bits per heavy atom. The first kappa shape index (κ1) is 25.2. The number of benzene rings is 7. The van der Waals surface area contributed by atoms with E-state index in [0.717, 1.165) is 49.4 Å². The van der Waals surface area contributed by atoms with Crippen molar-refractivity contribution in [1.82, 2.24) is 0 Å². The Bertz CT molecular complexity index is 2200. The first-order valence-electron chi connectivity index (χ1n) is 12.8. The largest absolute Gasteiger partial charge is 0.534 e. The van der Waals surface area contributed by atoms with Crippen LogP contribution >= 0.6 is 0 Å². The van der Waals surface area contributed by atoms with Gasteiger partial charge < -0.3 is 9.08 Å². The summed E-state index contributed by atoms with van der Waals surface area (Å²) >= 11 is 0. The summed E-state index contributed by atoms with van der Waals surface area (Å²) in [5, 5.41) is 6.37. The number of alkyl halides is 3. The predicted molar refractivity (Wildman–Crippen MR) is 158 cm³/mol. The van der Waals surface area contributed by atoms with E-state index in [1.54, 1.807) is 18.2 Å². The molecule has 7 aromatic rings. The quantitative estimate of drug-likeness (QED) is 0.118. The van der Waals surface area contributed by atoms with Crippen molar-refractivity contribution < 1.29 is 25.8 Å². The maximum Gasteiger partial charge on any atom is 0.534 e. The number of fused-ring (bicyclic) bond motifs is 1. The number of hydrogen-bond acceptors (Lipinski definition) is 4. The number of hydrogen-bond donors (Lipinski definition) is 0. The number of para-hydroxylation sites is 1. The summed E-state index contributed by atoms with van der Waals surface area (Å²) in [6.07, 6.45) is 0. The van der Waals surface area contributed by atoms with Gasteiger partial charge in [0.05, 0.1) is 5.69 Å². The number of rotatable bonds is 5.